The summed E-state index contributed by atoms with van der Waals surface area (Å²) >= 11 is 0. The molecule has 0 heterocycles. The molecular formula is C72H120NO8+. The molecule has 0 radical (unpaired) electrons. The SMILES string of the molecule is CC/C=C\C/C=C\C/C=C\C/C=C\C/C=C\C/C=C\CCCCCCCCCCCCCCCCC(=O)OC(COC(=O)CCCCCCCCC/C=C\C/C=C\C/C=C\C/C=C\C/C=C\CC)COC(OCC[N+](C)(C)C)C(=O)O. The average Bonchev–Trinajstić information content (AvgIpc) is 3.44. The summed E-state index contributed by atoms with van der Waals surface area (Å²) in [5.74, 6) is -2.03. The zero-order chi connectivity index (χ0) is 59.1. The van der Waals surface area contributed by atoms with Crippen LogP contribution < -0.4 is 0 Å². The first-order chi connectivity index (χ1) is 39.6. The number of allylic oxidation sites excluding steroid dienone is 22. The number of quaternary nitrogens is 1. The second kappa shape index (κ2) is 61.5. The zero-order valence-electron chi connectivity index (χ0n) is 52.4. The second-order valence-electron chi connectivity index (χ2n) is 22.3. The van der Waals surface area contributed by atoms with Crippen LogP contribution in [0.25, 0.3) is 0 Å². The van der Waals surface area contributed by atoms with Crippen LogP contribution in [0.4, 0.5) is 0 Å². The van der Waals surface area contributed by atoms with Gasteiger partial charge in [0.05, 0.1) is 34.4 Å². The molecule has 0 rings (SSSR count). The van der Waals surface area contributed by atoms with Gasteiger partial charge in [-0.25, -0.2) is 4.79 Å². The second-order valence-corrected chi connectivity index (χ2v) is 22.3. The lowest BCUT2D eigenvalue weighted by molar-refractivity contribution is -0.870. The van der Waals surface area contributed by atoms with E-state index in [4.69, 9.17) is 18.9 Å². The van der Waals surface area contributed by atoms with Crippen molar-refractivity contribution in [1.29, 1.82) is 0 Å². The summed E-state index contributed by atoms with van der Waals surface area (Å²) in [6.07, 6.45) is 85.4. The Kier molecular flexibility index (Phi) is 58.0. The Balaban J connectivity index is 4.20. The molecule has 0 spiro atoms. The van der Waals surface area contributed by atoms with Gasteiger partial charge in [-0.15, -0.1) is 0 Å². The molecule has 460 valence electrons. The van der Waals surface area contributed by atoms with E-state index in [1.165, 1.54) is 89.9 Å². The number of hydrogen-bond acceptors (Lipinski definition) is 7. The number of nitrogens with zero attached hydrogens (tertiary/aromatic N) is 1. The number of carbonyl (C=O) groups is 3. The molecule has 9 heteroatoms. The number of carboxylic acid groups (broad SMARTS) is 1. The predicted octanol–water partition coefficient (Wildman–Crippen LogP) is 19.8. The van der Waals surface area contributed by atoms with E-state index in [-0.39, 0.29) is 38.6 Å². The molecule has 1 N–H and O–H groups in total. The molecule has 0 aromatic rings. The van der Waals surface area contributed by atoms with E-state index in [0.717, 1.165) is 122 Å². The minimum absolute atomic E-state index is 0.179. The fourth-order valence-corrected chi connectivity index (χ4v) is 8.51. The van der Waals surface area contributed by atoms with E-state index in [0.29, 0.717) is 17.4 Å². The van der Waals surface area contributed by atoms with Crippen molar-refractivity contribution >= 4 is 17.9 Å². The van der Waals surface area contributed by atoms with Crippen molar-refractivity contribution < 1.29 is 42.9 Å². The van der Waals surface area contributed by atoms with Crippen LogP contribution in [0, 0.1) is 0 Å². The van der Waals surface area contributed by atoms with Crippen LogP contribution in [-0.2, 0) is 33.3 Å². The fraction of sp³-hybridized carbons (Fsp3) is 0.653. The summed E-state index contributed by atoms with van der Waals surface area (Å²) in [6.45, 7) is 4.63. The van der Waals surface area contributed by atoms with Gasteiger partial charge in [0.1, 0.15) is 13.2 Å². The first kappa shape index (κ1) is 76.4. The van der Waals surface area contributed by atoms with Gasteiger partial charge in [-0.1, -0.05) is 257 Å². The van der Waals surface area contributed by atoms with Crippen LogP contribution in [0.2, 0.25) is 0 Å². The van der Waals surface area contributed by atoms with Gasteiger partial charge in [0, 0.05) is 12.8 Å². The summed E-state index contributed by atoms with van der Waals surface area (Å²) < 4.78 is 22.9. The third-order valence-electron chi connectivity index (χ3n) is 13.4. The molecule has 2 atom stereocenters. The number of esters is 2. The fourth-order valence-electron chi connectivity index (χ4n) is 8.51. The Bertz CT molecular complexity index is 1790. The highest BCUT2D eigenvalue weighted by molar-refractivity contribution is 5.71. The highest BCUT2D eigenvalue weighted by Gasteiger charge is 2.25. The first-order valence-corrected chi connectivity index (χ1v) is 32.3. The summed E-state index contributed by atoms with van der Waals surface area (Å²) in [5.41, 5.74) is 0. The molecule has 0 amide bonds. The molecular weight excluding hydrogens is 1010 g/mol. The van der Waals surface area contributed by atoms with E-state index in [1.54, 1.807) is 0 Å². The summed E-state index contributed by atoms with van der Waals surface area (Å²) in [4.78, 5) is 37.6. The van der Waals surface area contributed by atoms with Crippen molar-refractivity contribution in [2.24, 2.45) is 0 Å². The monoisotopic (exact) mass is 1130 g/mol. The van der Waals surface area contributed by atoms with E-state index in [2.05, 4.69) is 148 Å². The lowest BCUT2D eigenvalue weighted by Gasteiger charge is -2.25. The van der Waals surface area contributed by atoms with Crippen molar-refractivity contribution in [2.75, 3.05) is 47.5 Å². The zero-order valence-corrected chi connectivity index (χ0v) is 52.4. The van der Waals surface area contributed by atoms with E-state index >= 15 is 0 Å². The van der Waals surface area contributed by atoms with Crippen LogP contribution in [0.15, 0.2) is 134 Å². The quantitative estimate of drug-likeness (QED) is 0.0211. The Morgan fingerprint density at radius 1 is 0.370 bits per heavy atom. The third kappa shape index (κ3) is 62.9. The largest absolute Gasteiger partial charge is 0.477 e. The number of rotatable bonds is 58. The van der Waals surface area contributed by atoms with Crippen molar-refractivity contribution in [3.8, 4) is 0 Å². The van der Waals surface area contributed by atoms with Gasteiger partial charge in [0.2, 0.25) is 0 Å². The van der Waals surface area contributed by atoms with Crippen molar-refractivity contribution in [2.45, 2.75) is 257 Å². The lowest BCUT2D eigenvalue weighted by atomic mass is 10.0. The molecule has 9 nitrogen and oxygen atoms in total. The predicted molar refractivity (Wildman–Crippen MR) is 345 cm³/mol. The molecule has 0 bridgehead atoms. The summed E-state index contributed by atoms with van der Waals surface area (Å²) in [6, 6.07) is 0. The van der Waals surface area contributed by atoms with Gasteiger partial charge < -0.3 is 28.5 Å². The highest BCUT2D eigenvalue weighted by Crippen LogP contribution is 2.16. The maximum Gasteiger partial charge on any atom is 0.361 e. The molecule has 0 aliphatic carbocycles. The topological polar surface area (TPSA) is 108 Å². The van der Waals surface area contributed by atoms with Crippen molar-refractivity contribution in [3.05, 3.63) is 134 Å². The number of hydrogen-bond donors (Lipinski definition) is 1. The summed E-state index contributed by atoms with van der Waals surface area (Å²) in [7, 11) is 5.96. The number of carboxylic acids is 1. The molecule has 0 saturated carbocycles. The average molecular weight is 1130 g/mol. The molecule has 0 saturated heterocycles. The molecule has 0 aromatic heterocycles. The molecule has 0 fully saturated rings. The molecule has 2 unspecified atom stereocenters. The van der Waals surface area contributed by atoms with Crippen LogP contribution in [0.1, 0.15) is 245 Å². The third-order valence-corrected chi connectivity index (χ3v) is 13.4. The van der Waals surface area contributed by atoms with Gasteiger partial charge in [-0.05, 0) is 109 Å². The normalized spacial score (nSPS) is 13.6. The van der Waals surface area contributed by atoms with Crippen LogP contribution in [-0.4, -0.2) is 87.4 Å². The Morgan fingerprint density at radius 2 is 0.667 bits per heavy atom. The lowest BCUT2D eigenvalue weighted by Crippen LogP contribution is -2.40. The number of likely N-dealkylation sites (N-methyl/N-ethyl adjacent to an activating group) is 1. The van der Waals surface area contributed by atoms with Gasteiger partial charge in [-0.2, -0.15) is 0 Å². The first-order valence-electron chi connectivity index (χ1n) is 32.3. The Labute approximate surface area is 497 Å². The number of ether oxygens (including phenoxy) is 4. The molecule has 81 heavy (non-hydrogen) atoms. The van der Waals surface area contributed by atoms with Gasteiger partial charge in [0.15, 0.2) is 6.10 Å². The van der Waals surface area contributed by atoms with E-state index < -0.39 is 24.3 Å². The van der Waals surface area contributed by atoms with Crippen LogP contribution in [0.5, 0.6) is 0 Å². The Hall–Kier alpha value is -4.57. The van der Waals surface area contributed by atoms with Gasteiger partial charge in [-0.3, -0.25) is 9.59 Å². The van der Waals surface area contributed by atoms with Crippen LogP contribution in [0.3, 0.4) is 0 Å². The number of carbonyl (C=O) groups excluding carboxylic acids is 2. The number of aliphatic carboxylic acids is 1. The van der Waals surface area contributed by atoms with E-state index in [1.807, 2.05) is 21.1 Å². The van der Waals surface area contributed by atoms with Gasteiger partial charge >= 0.3 is 17.9 Å². The maximum absolute atomic E-state index is 12.9. The smallest absolute Gasteiger partial charge is 0.361 e. The van der Waals surface area contributed by atoms with Crippen molar-refractivity contribution in [1.82, 2.24) is 0 Å². The van der Waals surface area contributed by atoms with E-state index in [9.17, 15) is 19.5 Å². The standard InChI is InChI=1S/C72H119NO8/c1-6-8-10-12-14-16-18-20-22-24-26-28-30-31-32-33-34-35-36-37-38-39-41-43-45-47-49-51-53-55-57-59-61-63-70(75)81-68(67-80-72(71(76)77)78-65-64-73(3,4)5)66-79-69(74)62-60-58-56-54-52-50-48-46-44-42-40-29-27-25-23-21-19-17-15-13-11-9-7-2/h8-11,14-17,20-23,26-29,31-32,34-35,42,44,68,72H,6-7,12-13,18-19,24-25,30,33,36-41,43,45-67H2,1-5H3/p+1/b10-8-,11-9-,16-14-,17-15-,22-20-,23-21-,28-26-,29-27-,32-31-,35-34-,44-42-. The van der Waals surface area contributed by atoms with Crippen LogP contribution >= 0.6 is 0 Å². The molecule has 0 aliphatic rings. The number of unbranched alkanes of at least 4 members (excludes halogenated alkanes) is 21. The van der Waals surface area contributed by atoms with Crippen molar-refractivity contribution in [3.63, 3.8) is 0 Å². The molecule has 0 aromatic carbocycles. The highest BCUT2D eigenvalue weighted by atomic mass is 16.7. The maximum atomic E-state index is 12.9. The summed E-state index contributed by atoms with van der Waals surface area (Å²) in [5, 5.41) is 9.73. The minimum atomic E-state index is -1.52. The molecule has 0 aliphatic heterocycles. The Morgan fingerprint density at radius 3 is 0.988 bits per heavy atom. The minimum Gasteiger partial charge on any atom is -0.477 e. The van der Waals surface area contributed by atoms with Gasteiger partial charge in [0.25, 0.3) is 6.29 Å².